The van der Waals surface area contributed by atoms with Crippen LogP contribution < -0.4 is 10.6 Å². The van der Waals surface area contributed by atoms with Crippen molar-refractivity contribution in [1.29, 1.82) is 0 Å². The first-order valence-electron chi connectivity index (χ1n) is 10.8. The number of anilines is 1. The monoisotopic (exact) mass is 464 g/mol. The van der Waals surface area contributed by atoms with Crippen LogP contribution in [0.1, 0.15) is 34.5 Å². The summed E-state index contributed by atoms with van der Waals surface area (Å²) in [5.74, 6) is 1.05. The predicted octanol–water partition coefficient (Wildman–Crippen LogP) is 3.39. The molecule has 1 saturated carbocycles. The van der Waals surface area contributed by atoms with E-state index in [2.05, 4.69) is 15.0 Å². The molecular formula is C24H24N4O4S. The maximum Gasteiger partial charge on any atom is 0.286 e. The van der Waals surface area contributed by atoms with Gasteiger partial charge in [0.15, 0.2) is 0 Å². The summed E-state index contributed by atoms with van der Waals surface area (Å²) in [5.41, 5.74) is 2.14. The lowest BCUT2D eigenvalue weighted by Gasteiger charge is -2.25. The number of carbonyl (C=O) groups excluding carboxylic acids is 1. The zero-order chi connectivity index (χ0) is 22.8. The second-order valence-corrected chi connectivity index (χ2v) is 9.88. The summed E-state index contributed by atoms with van der Waals surface area (Å²) in [7, 11) is -3.76. The number of nitrogens with one attached hydrogen (secondary N) is 2. The van der Waals surface area contributed by atoms with Crippen LogP contribution in [-0.2, 0) is 23.1 Å². The Kier molecular flexibility index (Phi) is 5.74. The summed E-state index contributed by atoms with van der Waals surface area (Å²) in [6.07, 6.45) is 3.70. The van der Waals surface area contributed by atoms with Crippen LogP contribution in [0.2, 0.25) is 0 Å². The van der Waals surface area contributed by atoms with Crippen LogP contribution in [0.5, 0.6) is 0 Å². The number of hydrogen-bond acceptors (Lipinski definition) is 6. The van der Waals surface area contributed by atoms with Crippen molar-refractivity contribution in [3.63, 3.8) is 0 Å². The number of sulfonamides is 1. The van der Waals surface area contributed by atoms with Crippen molar-refractivity contribution in [2.75, 3.05) is 11.9 Å². The molecule has 1 aromatic heterocycles. The Balaban J connectivity index is 1.33. The quantitative estimate of drug-likeness (QED) is 0.530. The van der Waals surface area contributed by atoms with Gasteiger partial charge in [-0.25, -0.2) is 0 Å². The van der Waals surface area contributed by atoms with Crippen LogP contribution in [-0.4, -0.2) is 37.6 Å². The lowest BCUT2D eigenvalue weighted by atomic mass is 10.1. The largest absolute Gasteiger partial charge is 0.468 e. The van der Waals surface area contributed by atoms with Gasteiger partial charge >= 0.3 is 0 Å². The smallest absolute Gasteiger partial charge is 0.286 e. The van der Waals surface area contributed by atoms with Crippen LogP contribution in [0, 0.1) is 0 Å². The van der Waals surface area contributed by atoms with Crippen LogP contribution >= 0.6 is 0 Å². The molecule has 33 heavy (non-hydrogen) atoms. The third-order valence-electron chi connectivity index (χ3n) is 5.54. The van der Waals surface area contributed by atoms with Crippen LogP contribution in [0.25, 0.3) is 0 Å². The van der Waals surface area contributed by atoms with Gasteiger partial charge in [-0.05, 0) is 54.8 Å². The normalized spacial score (nSPS) is 16.6. The number of nitrogens with zero attached hydrogens (tertiary/aromatic N) is 2. The second kappa shape index (κ2) is 8.84. The summed E-state index contributed by atoms with van der Waals surface area (Å²) in [5, 5.41) is 6.13. The number of rotatable bonds is 8. The highest BCUT2D eigenvalue weighted by atomic mass is 32.2. The fourth-order valence-corrected chi connectivity index (χ4v) is 4.89. The fraction of sp³-hybridized carbons (Fsp3) is 0.250. The molecule has 5 rings (SSSR count). The first-order chi connectivity index (χ1) is 16.0. The standard InChI is InChI=1S/C24H24N4O4S/c29-24(25-19-11-12-19)18-9-7-17(8-10-18)14-28(15-20-4-3-13-32-20)16-23-26-21-5-1-2-6-22(21)33(30,31)27-23/h1-10,13,19H,11-12,14-16H2,(H,25,29)(H,26,27). The molecule has 2 aromatic carbocycles. The SMILES string of the molecule is O=C(NC1CC1)c1ccc(CN(CC2=NS(=O)(=O)c3ccccc3N2)Cc2ccco2)cc1. The van der Waals surface area contributed by atoms with Gasteiger partial charge in [-0.2, -0.15) is 8.42 Å². The number of furan rings is 1. The van der Waals surface area contributed by atoms with Gasteiger partial charge in [0.05, 0.1) is 25.0 Å². The van der Waals surface area contributed by atoms with Gasteiger partial charge in [0.1, 0.15) is 16.5 Å². The first kappa shape index (κ1) is 21.4. The Morgan fingerprint density at radius 1 is 1.03 bits per heavy atom. The number of hydrogen-bond donors (Lipinski definition) is 2. The number of carbonyl (C=O) groups is 1. The van der Waals surface area contributed by atoms with Gasteiger partial charge in [0, 0.05) is 18.2 Å². The molecule has 1 aliphatic heterocycles. The molecule has 0 spiro atoms. The number of amidine groups is 1. The van der Waals surface area contributed by atoms with Crippen LogP contribution in [0.15, 0.2) is 80.6 Å². The Morgan fingerprint density at radius 2 is 1.82 bits per heavy atom. The Hall–Kier alpha value is -3.43. The Labute approximate surface area is 192 Å². The average Bonchev–Trinajstić information content (AvgIpc) is 3.45. The van der Waals surface area contributed by atoms with E-state index in [0.717, 1.165) is 24.2 Å². The third-order valence-corrected chi connectivity index (χ3v) is 6.91. The van der Waals surface area contributed by atoms with Crippen molar-refractivity contribution >= 4 is 27.5 Å². The maximum atomic E-state index is 12.6. The molecule has 0 atom stereocenters. The second-order valence-electron chi connectivity index (χ2n) is 8.30. The average molecular weight is 465 g/mol. The molecule has 8 nitrogen and oxygen atoms in total. The number of amides is 1. The molecule has 1 fully saturated rings. The van der Waals surface area contributed by atoms with Crippen LogP contribution in [0.4, 0.5) is 5.69 Å². The molecule has 3 aromatic rings. The van der Waals surface area contributed by atoms with Gasteiger partial charge in [-0.1, -0.05) is 24.3 Å². The molecule has 2 aliphatic rings. The van der Waals surface area contributed by atoms with Crippen molar-refractivity contribution in [3.05, 3.63) is 83.8 Å². The number of fused-ring (bicyclic) bond motifs is 1. The van der Waals surface area contributed by atoms with Crippen molar-refractivity contribution in [2.45, 2.75) is 36.9 Å². The number of benzene rings is 2. The van der Waals surface area contributed by atoms with E-state index in [1.807, 2.05) is 41.3 Å². The number of para-hydroxylation sites is 1. The summed E-state index contributed by atoms with van der Waals surface area (Å²) in [6.45, 7) is 1.27. The van der Waals surface area contributed by atoms with Crippen molar-refractivity contribution in [3.8, 4) is 0 Å². The third kappa shape index (κ3) is 5.15. The van der Waals surface area contributed by atoms with Crippen molar-refractivity contribution < 1.29 is 17.6 Å². The van der Waals surface area contributed by atoms with Crippen LogP contribution in [0.3, 0.4) is 0 Å². The van der Waals surface area contributed by atoms with E-state index >= 15 is 0 Å². The lowest BCUT2D eigenvalue weighted by Crippen LogP contribution is -2.35. The van der Waals surface area contributed by atoms with E-state index in [1.165, 1.54) is 0 Å². The summed E-state index contributed by atoms with van der Waals surface area (Å²) in [6, 6.07) is 18.2. The molecule has 0 bridgehead atoms. The summed E-state index contributed by atoms with van der Waals surface area (Å²) in [4.78, 5) is 14.5. The molecule has 1 amide bonds. The van der Waals surface area contributed by atoms with Crippen molar-refractivity contribution in [2.24, 2.45) is 4.40 Å². The molecule has 9 heteroatoms. The molecule has 0 unspecified atom stereocenters. The molecule has 2 heterocycles. The predicted molar refractivity (Wildman–Crippen MR) is 124 cm³/mol. The highest BCUT2D eigenvalue weighted by molar-refractivity contribution is 7.90. The fourth-order valence-electron chi connectivity index (χ4n) is 3.75. The minimum Gasteiger partial charge on any atom is -0.468 e. The zero-order valence-corrected chi connectivity index (χ0v) is 18.7. The van der Waals surface area contributed by atoms with Gasteiger partial charge < -0.3 is 15.1 Å². The molecule has 1 aliphatic carbocycles. The lowest BCUT2D eigenvalue weighted by molar-refractivity contribution is 0.0951. The highest BCUT2D eigenvalue weighted by Crippen LogP contribution is 2.27. The van der Waals surface area contributed by atoms with E-state index in [-0.39, 0.29) is 17.3 Å². The summed E-state index contributed by atoms with van der Waals surface area (Å²) >= 11 is 0. The van der Waals surface area contributed by atoms with E-state index in [0.29, 0.717) is 36.2 Å². The maximum absolute atomic E-state index is 12.6. The van der Waals surface area contributed by atoms with Crippen molar-refractivity contribution in [1.82, 2.24) is 10.2 Å². The van der Waals surface area contributed by atoms with Gasteiger partial charge in [0.2, 0.25) is 0 Å². The zero-order valence-electron chi connectivity index (χ0n) is 17.9. The molecule has 170 valence electrons. The van der Waals surface area contributed by atoms with Gasteiger partial charge in [-0.3, -0.25) is 9.69 Å². The Morgan fingerprint density at radius 3 is 2.55 bits per heavy atom. The first-order valence-corrected chi connectivity index (χ1v) is 12.2. The van der Waals surface area contributed by atoms with Gasteiger partial charge in [0.25, 0.3) is 15.9 Å². The van der Waals surface area contributed by atoms with E-state index in [4.69, 9.17) is 4.42 Å². The molecular weight excluding hydrogens is 440 g/mol. The topological polar surface area (TPSA) is 104 Å². The van der Waals surface area contributed by atoms with Gasteiger partial charge in [-0.15, -0.1) is 4.40 Å². The van der Waals surface area contributed by atoms with E-state index < -0.39 is 10.0 Å². The Bertz CT molecular complexity index is 1280. The molecule has 2 N–H and O–H groups in total. The molecule has 0 radical (unpaired) electrons. The van der Waals surface area contributed by atoms with E-state index in [1.54, 1.807) is 30.5 Å². The minimum atomic E-state index is -3.76. The van der Waals surface area contributed by atoms with E-state index in [9.17, 15) is 13.2 Å². The minimum absolute atomic E-state index is 0.0545. The highest BCUT2D eigenvalue weighted by Gasteiger charge is 2.26. The summed E-state index contributed by atoms with van der Waals surface area (Å²) < 4.78 is 34.7. The molecule has 0 saturated heterocycles.